The number of benzene rings is 4. The second-order valence-corrected chi connectivity index (χ2v) is 10.2. The van der Waals surface area contributed by atoms with Crippen molar-refractivity contribution in [2.75, 3.05) is 0 Å². The molecule has 0 bridgehead atoms. The van der Waals surface area contributed by atoms with Crippen molar-refractivity contribution in [3.63, 3.8) is 0 Å². The van der Waals surface area contributed by atoms with E-state index in [0.717, 1.165) is 0 Å². The number of rotatable bonds is 10. The zero-order chi connectivity index (χ0) is 36.8. The third kappa shape index (κ3) is 6.19. The fourth-order valence-corrected chi connectivity index (χ4v) is 4.67. The van der Waals surface area contributed by atoms with E-state index in [2.05, 4.69) is 0 Å². The number of non-ortho nitro benzene ring substituents is 2. The van der Waals surface area contributed by atoms with Crippen LogP contribution in [0.4, 0.5) is 64.1 Å². The Hall–Kier alpha value is -5.36. The largest absolute Gasteiger partial charge is 0.457 e. The maximum absolute atomic E-state index is 15.6. The van der Waals surface area contributed by atoms with E-state index >= 15 is 26.3 Å². The first kappa shape index (κ1) is 36.5. The molecule has 0 aliphatic carbocycles. The van der Waals surface area contributed by atoms with Crippen molar-refractivity contribution in [1.29, 1.82) is 0 Å². The monoisotopic (exact) mass is 712 g/mol. The first-order valence-electron chi connectivity index (χ1n) is 13.1. The molecule has 0 radical (unpaired) electrons. The van der Waals surface area contributed by atoms with E-state index in [-0.39, 0.29) is 48.5 Å². The van der Waals surface area contributed by atoms with Crippen molar-refractivity contribution in [1.82, 2.24) is 0 Å². The number of nitrogens with zero attached hydrogens (tertiary/aromatic N) is 2. The second kappa shape index (κ2) is 12.3. The number of hydrogen-bond acceptors (Lipinski definition) is 5. The Morgan fingerprint density at radius 3 is 0.878 bits per heavy atom. The third-order valence-corrected chi connectivity index (χ3v) is 7.27. The molecule has 19 heteroatoms. The highest BCUT2D eigenvalue weighted by Crippen LogP contribution is 2.58. The zero-order valence-corrected chi connectivity index (χ0v) is 23.7. The minimum Gasteiger partial charge on any atom is -0.457 e. The van der Waals surface area contributed by atoms with Crippen LogP contribution in [0.5, 0.6) is 11.5 Å². The van der Waals surface area contributed by atoms with Crippen LogP contribution < -0.4 is 4.74 Å². The summed E-state index contributed by atoms with van der Waals surface area (Å²) in [6, 6.07) is 5.99. The van der Waals surface area contributed by atoms with Crippen LogP contribution >= 0.6 is 0 Å². The Morgan fingerprint density at radius 2 is 0.653 bits per heavy atom. The average molecular weight is 712 g/mol. The van der Waals surface area contributed by atoms with Crippen LogP contribution in [0.15, 0.2) is 97.1 Å². The normalized spacial score (nSPS) is 15.2. The zero-order valence-electron chi connectivity index (χ0n) is 23.7. The summed E-state index contributed by atoms with van der Waals surface area (Å²) in [5.41, 5.74) is -18.7. The average Bonchev–Trinajstić information content (AvgIpc) is 3.03. The van der Waals surface area contributed by atoms with Crippen molar-refractivity contribution in [3.05, 3.63) is 140 Å². The Balaban J connectivity index is 1.64. The van der Waals surface area contributed by atoms with Gasteiger partial charge in [0, 0.05) is 46.5 Å². The first-order chi connectivity index (χ1) is 22.5. The quantitative estimate of drug-likeness (QED) is 0.0927. The molecule has 4 rings (SSSR count). The Morgan fingerprint density at radius 1 is 0.408 bits per heavy atom. The Labute approximate surface area is 265 Å². The molecule has 0 aromatic heterocycles. The van der Waals surface area contributed by atoms with Gasteiger partial charge in [0.1, 0.15) is 11.5 Å². The number of nitro benzene ring substituents is 2. The summed E-state index contributed by atoms with van der Waals surface area (Å²) in [6.07, 6.45) is -12.5. The Bertz CT molecular complexity index is 1700. The van der Waals surface area contributed by atoms with Gasteiger partial charge in [-0.3, -0.25) is 20.2 Å². The van der Waals surface area contributed by atoms with E-state index in [0.29, 0.717) is 48.5 Å². The molecule has 0 amide bonds. The van der Waals surface area contributed by atoms with Crippen molar-refractivity contribution >= 4 is 11.4 Å². The summed E-state index contributed by atoms with van der Waals surface area (Å²) in [7, 11) is 0. The maximum atomic E-state index is 15.6. The van der Waals surface area contributed by atoms with Crippen LogP contribution in [0.1, 0.15) is 22.3 Å². The van der Waals surface area contributed by atoms with Gasteiger partial charge >= 0.3 is 24.2 Å². The molecule has 0 aliphatic rings. The lowest BCUT2D eigenvalue weighted by Crippen LogP contribution is -2.51. The van der Waals surface area contributed by atoms with Crippen LogP contribution in [0.3, 0.4) is 0 Å². The molecular formula is C30H16F12N2O5. The number of ether oxygens (including phenoxy) is 1. The SMILES string of the molecule is O=[N+]([O-])c1ccc(C(F)(F)C(F)(c2ccc(Oc3ccc(C(F)(C(F)(F)F)C(F)(F)c4ccc([N+](=O)[O-])cc4)cc3)cc2)C(F)(F)F)cc1. The van der Waals surface area contributed by atoms with Crippen LogP contribution in [-0.4, -0.2) is 22.2 Å². The molecule has 4 aromatic carbocycles. The van der Waals surface area contributed by atoms with Gasteiger partial charge in [-0.1, -0.05) is 24.3 Å². The number of nitro groups is 2. The molecule has 0 N–H and O–H groups in total. The summed E-state index contributed by atoms with van der Waals surface area (Å²) >= 11 is 0. The summed E-state index contributed by atoms with van der Waals surface area (Å²) < 4.78 is 180. The van der Waals surface area contributed by atoms with Crippen LogP contribution in [-0.2, 0) is 23.2 Å². The molecule has 0 saturated carbocycles. The molecular weight excluding hydrogens is 696 g/mol. The number of alkyl halides is 12. The lowest BCUT2D eigenvalue weighted by Gasteiger charge is -2.35. The van der Waals surface area contributed by atoms with E-state index in [1.54, 1.807) is 0 Å². The number of halogens is 12. The van der Waals surface area contributed by atoms with E-state index < -0.39 is 90.5 Å². The summed E-state index contributed by atoms with van der Waals surface area (Å²) in [4.78, 5) is 19.5. The molecule has 0 spiro atoms. The molecule has 260 valence electrons. The van der Waals surface area contributed by atoms with Crippen molar-refractivity contribution in [3.8, 4) is 11.5 Å². The van der Waals surface area contributed by atoms with Crippen LogP contribution in [0, 0.1) is 20.2 Å². The standard InChI is InChI=1S/C30H16F12N2O5/c31-25(29(37,38)39,27(33,34)19-1-9-21(10-2-19)43(45)46)17-5-13-23(14-6-17)49-24-15-7-18(8-16-24)26(32,30(40,41)42)28(35,36)20-3-11-22(12-4-20)44(47)48/h1-16H. The third-order valence-electron chi connectivity index (χ3n) is 7.27. The van der Waals surface area contributed by atoms with Crippen molar-refractivity contribution < 1.29 is 67.3 Å². The van der Waals surface area contributed by atoms with Crippen molar-refractivity contribution in [2.24, 2.45) is 0 Å². The predicted molar refractivity (Wildman–Crippen MR) is 145 cm³/mol. The van der Waals surface area contributed by atoms with E-state index in [9.17, 15) is 46.6 Å². The fraction of sp³-hybridized carbons (Fsp3) is 0.200. The molecule has 0 aliphatic heterocycles. The van der Waals surface area contributed by atoms with Gasteiger partial charge in [0.2, 0.25) is 0 Å². The minimum atomic E-state index is -6.26. The molecule has 7 nitrogen and oxygen atoms in total. The van der Waals surface area contributed by atoms with E-state index in [4.69, 9.17) is 4.74 Å². The highest BCUT2D eigenvalue weighted by atomic mass is 19.4. The highest BCUT2D eigenvalue weighted by Gasteiger charge is 2.73. The minimum absolute atomic E-state index is 0.242. The van der Waals surface area contributed by atoms with Gasteiger partial charge in [-0.2, -0.15) is 43.9 Å². The molecule has 2 unspecified atom stereocenters. The van der Waals surface area contributed by atoms with E-state index in [1.165, 1.54) is 0 Å². The molecule has 49 heavy (non-hydrogen) atoms. The van der Waals surface area contributed by atoms with Gasteiger partial charge in [0.25, 0.3) is 22.7 Å². The molecule has 4 aromatic rings. The smallest absolute Gasteiger partial charge is 0.433 e. The summed E-state index contributed by atoms with van der Waals surface area (Å²) in [5, 5.41) is 21.5. The van der Waals surface area contributed by atoms with Gasteiger partial charge < -0.3 is 4.74 Å². The van der Waals surface area contributed by atoms with Gasteiger partial charge in [-0.15, -0.1) is 0 Å². The molecule has 0 heterocycles. The van der Waals surface area contributed by atoms with E-state index in [1.807, 2.05) is 0 Å². The van der Waals surface area contributed by atoms with Gasteiger partial charge in [-0.05, 0) is 48.5 Å². The fourth-order valence-electron chi connectivity index (χ4n) is 4.67. The van der Waals surface area contributed by atoms with Gasteiger partial charge in [0.05, 0.1) is 9.85 Å². The lowest BCUT2D eigenvalue weighted by molar-refractivity contribution is -0.385. The van der Waals surface area contributed by atoms with Crippen LogP contribution in [0.2, 0.25) is 0 Å². The van der Waals surface area contributed by atoms with Crippen molar-refractivity contribution in [2.45, 2.75) is 35.5 Å². The predicted octanol–water partition coefficient (Wildman–Crippen LogP) is 10.3. The molecule has 0 fully saturated rings. The van der Waals surface area contributed by atoms with Gasteiger partial charge in [0.15, 0.2) is 0 Å². The molecule has 0 saturated heterocycles. The summed E-state index contributed by atoms with van der Waals surface area (Å²) in [5.74, 6) is -11.7. The Kier molecular flexibility index (Phi) is 9.13. The second-order valence-electron chi connectivity index (χ2n) is 10.2. The maximum Gasteiger partial charge on any atom is 0.433 e. The molecule has 2 atom stereocenters. The van der Waals surface area contributed by atoms with Gasteiger partial charge in [-0.25, -0.2) is 8.78 Å². The van der Waals surface area contributed by atoms with Crippen LogP contribution in [0.25, 0.3) is 0 Å². The lowest BCUT2D eigenvalue weighted by atomic mass is 9.84. The highest BCUT2D eigenvalue weighted by molar-refractivity contribution is 5.43. The summed E-state index contributed by atoms with van der Waals surface area (Å²) in [6.45, 7) is 0. The topological polar surface area (TPSA) is 95.5 Å². The first-order valence-corrected chi connectivity index (χ1v) is 13.1. The number of hydrogen-bond donors (Lipinski definition) is 0.